The first-order valence-electron chi connectivity index (χ1n) is 6.26. The lowest BCUT2D eigenvalue weighted by molar-refractivity contribution is 0.416. The van der Waals surface area contributed by atoms with Gasteiger partial charge in [-0.3, -0.25) is 0 Å². The number of benzene rings is 1. The van der Waals surface area contributed by atoms with Crippen LogP contribution in [0.15, 0.2) is 24.4 Å². The molecule has 0 unspecified atom stereocenters. The second-order valence-electron chi connectivity index (χ2n) is 4.39. The molecule has 0 atom stereocenters. The molecule has 1 heterocycles. The molecule has 0 fully saturated rings. The van der Waals surface area contributed by atoms with Crippen molar-refractivity contribution >= 4 is 0 Å². The minimum Gasteiger partial charge on any atom is -0.496 e. The standard InChI is InChI=1S/C15H17N3O/c1-4-11-5-6-14(19-3)13(9-11)15-17-12(7-8-16)10-18(15)2/h5-6,9-10H,4,7H2,1-3H3. The van der Waals surface area contributed by atoms with Crippen molar-refractivity contribution < 1.29 is 4.74 Å². The van der Waals surface area contributed by atoms with Gasteiger partial charge in [-0.15, -0.1) is 0 Å². The number of methoxy groups -OCH3 is 1. The van der Waals surface area contributed by atoms with Crippen molar-refractivity contribution in [2.45, 2.75) is 19.8 Å². The van der Waals surface area contributed by atoms with Crippen LogP contribution in [0.4, 0.5) is 0 Å². The number of rotatable bonds is 4. The minimum atomic E-state index is 0.323. The van der Waals surface area contributed by atoms with Crippen LogP contribution >= 0.6 is 0 Å². The third-order valence-electron chi connectivity index (χ3n) is 3.10. The fourth-order valence-corrected chi connectivity index (χ4v) is 2.09. The van der Waals surface area contributed by atoms with Crippen molar-refractivity contribution in [2.24, 2.45) is 7.05 Å². The molecule has 98 valence electrons. The zero-order valence-corrected chi connectivity index (χ0v) is 11.5. The van der Waals surface area contributed by atoms with Crippen molar-refractivity contribution in [1.29, 1.82) is 5.26 Å². The van der Waals surface area contributed by atoms with Crippen LogP contribution in [-0.2, 0) is 19.9 Å². The third-order valence-corrected chi connectivity index (χ3v) is 3.10. The summed E-state index contributed by atoms with van der Waals surface area (Å²) in [5.74, 6) is 1.63. The second-order valence-corrected chi connectivity index (χ2v) is 4.39. The number of imidazole rings is 1. The highest BCUT2D eigenvalue weighted by molar-refractivity contribution is 5.66. The van der Waals surface area contributed by atoms with E-state index >= 15 is 0 Å². The van der Waals surface area contributed by atoms with E-state index in [1.54, 1.807) is 7.11 Å². The average molecular weight is 255 g/mol. The number of hydrogen-bond donors (Lipinski definition) is 0. The lowest BCUT2D eigenvalue weighted by Crippen LogP contribution is -1.96. The van der Waals surface area contributed by atoms with Crippen LogP contribution in [0, 0.1) is 11.3 Å². The molecular formula is C15H17N3O. The Morgan fingerprint density at radius 1 is 1.42 bits per heavy atom. The highest BCUT2D eigenvalue weighted by atomic mass is 16.5. The van der Waals surface area contributed by atoms with E-state index in [1.807, 2.05) is 23.9 Å². The largest absolute Gasteiger partial charge is 0.496 e. The number of nitriles is 1. The van der Waals surface area contributed by atoms with Crippen molar-refractivity contribution in [2.75, 3.05) is 7.11 Å². The van der Waals surface area contributed by atoms with E-state index in [1.165, 1.54) is 5.56 Å². The molecule has 0 aliphatic heterocycles. The summed E-state index contributed by atoms with van der Waals surface area (Å²) < 4.78 is 7.34. The quantitative estimate of drug-likeness (QED) is 0.844. The summed E-state index contributed by atoms with van der Waals surface area (Å²) in [5.41, 5.74) is 2.98. The molecule has 0 aliphatic rings. The predicted octanol–water partition coefficient (Wildman–Crippen LogP) is 2.72. The SMILES string of the molecule is CCc1ccc(OC)c(-c2nc(CC#N)cn2C)c1. The molecule has 2 aromatic rings. The van der Waals surface area contributed by atoms with Gasteiger partial charge in [-0.2, -0.15) is 5.26 Å². The Bertz CT molecular complexity index is 623. The van der Waals surface area contributed by atoms with E-state index in [9.17, 15) is 0 Å². The first kappa shape index (κ1) is 13.2. The Morgan fingerprint density at radius 2 is 2.21 bits per heavy atom. The smallest absolute Gasteiger partial charge is 0.143 e. The van der Waals surface area contributed by atoms with Gasteiger partial charge < -0.3 is 9.30 Å². The summed E-state index contributed by atoms with van der Waals surface area (Å²) in [6.45, 7) is 2.12. The first-order chi connectivity index (χ1) is 9.19. The number of aryl methyl sites for hydroxylation is 2. The normalized spacial score (nSPS) is 10.2. The molecule has 2 rings (SSSR count). The Labute approximate surface area is 113 Å². The van der Waals surface area contributed by atoms with Gasteiger partial charge in [0.05, 0.1) is 30.9 Å². The molecule has 4 nitrogen and oxygen atoms in total. The average Bonchev–Trinajstić information content (AvgIpc) is 2.79. The third kappa shape index (κ3) is 2.60. The number of nitrogens with zero attached hydrogens (tertiary/aromatic N) is 3. The highest BCUT2D eigenvalue weighted by Gasteiger charge is 2.13. The van der Waals surface area contributed by atoms with Crippen LogP contribution in [0.1, 0.15) is 18.2 Å². The Hall–Kier alpha value is -2.28. The topological polar surface area (TPSA) is 50.8 Å². The molecule has 0 saturated heterocycles. The van der Waals surface area contributed by atoms with Crippen LogP contribution in [0.5, 0.6) is 5.75 Å². The van der Waals surface area contributed by atoms with Crippen LogP contribution in [0.25, 0.3) is 11.4 Å². The van der Waals surface area contributed by atoms with Crippen LogP contribution in [0.2, 0.25) is 0 Å². The zero-order chi connectivity index (χ0) is 13.8. The van der Waals surface area contributed by atoms with E-state index in [2.05, 4.69) is 30.1 Å². The fourth-order valence-electron chi connectivity index (χ4n) is 2.09. The highest BCUT2D eigenvalue weighted by Crippen LogP contribution is 2.30. The van der Waals surface area contributed by atoms with Gasteiger partial charge in [0.25, 0.3) is 0 Å². The molecule has 0 bridgehead atoms. The zero-order valence-electron chi connectivity index (χ0n) is 11.5. The van der Waals surface area contributed by atoms with Gasteiger partial charge in [0, 0.05) is 13.2 Å². The number of ether oxygens (including phenoxy) is 1. The molecule has 1 aromatic carbocycles. The molecule has 4 heteroatoms. The molecule has 0 saturated carbocycles. The van der Waals surface area contributed by atoms with E-state index in [4.69, 9.17) is 10.00 Å². The van der Waals surface area contributed by atoms with Crippen LogP contribution in [-0.4, -0.2) is 16.7 Å². The molecule has 19 heavy (non-hydrogen) atoms. The van der Waals surface area contributed by atoms with E-state index in [0.717, 1.165) is 29.3 Å². The lowest BCUT2D eigenvalue weighted by Gasteiger charge is -2.10. The van der Waals surface area contributed by atoms with E-state index in [0.29, 0.717) is 6.42 Å². The maximum absolute atomic E-state index is 8.75. The first-order valence-corrected chi connectivity index (χ1v) is 6.26. The summed E-state index contributed by atoms with van der Waals surface area (Å²) >= 11 is 0. The molecule has 1 aromatic heterocycles. The summed E-state index contributed by atoms with van der Waals surface area (Å²) in [5, 5.41) is 8.75. The Morgan fingerprint density at radius 3 is 2.84 bits per heavy atom. The van der Waals surface area contributed by atoms with Crippen LogP contribution < -0.4 is 4.74 Å². The minimum absolute atomic E-state index is 0.323. The Kier molecular flexibility index (Phi) is 3.86. The summed E-state index contributed by atoms with van der Waals surface area (Å²) in [6.07, 6.45) is 3.17. The summed E-state index contributed by atoms with van der Waals surface area (Å²) in [7, 11) is 3.59. The molecule has 0 spiro atoms. The fraction of sp³-hybridized carbons (Fsp3) is 0.333. The monoisotopic (exact) mass is 255 g/mol. The molecular weight excluding hydrogens is 238 g/mol. The van der Waals surface area contributed by atoms with Gasteiger partial charge in [0.2, 0.25) is 0 Å². The maximum atomic E-state index is 8.75. The van der Waals surface area contributed by atoms with E-state index < -0.39 is 0 Å². The predicted molar refractivity (Wildman–Crippen MR) is 73.9 cm³/mol. The van der Waals surface area contributed by atoms with Gasteiger partial charge in [0.1, 0.15) is 11.6 Å². The second kappa shape index (κ2) is 5.57. The molecule has 0 amide bonds. The molecule has 0 aliphatic carbocycles. The number of hydrogen-bond acceptors (Lipinski definition) is 3. The number of aromatic nitrogens is 2. The van der Waals surface area contributed by atoms with E-state index in [-0.39, 0.29) is 0 Å². The molecule has 0 N–H and O–H groups in total. The van der Waals surface area contributed by atoms with Crippen molar-refractivity contribution in [3.63, 3.8) is 0 Å². The van der Waals surface area contributed by atoms with Gasteiger partial charge in [0.15, 0.2) is 0 Å². The summed E-state index contributed by atoms with van der Waals surface area (Å²) in [6, 6.07) is 8.24. The van der Waals surface area contributed by atoms with Crippen molar-refractivity contribution in [1.82, 2.24) is 9.55 Å². The van der Waals surface area contributed by atoms with Crippen LogP contribution in [0.3, 0.4) is 0 Å². The van der Waals surface area contributed by atoms with Crippen molar-refractivity contribution in [3.05, 3.63) is 35.7 Å². The van der Waals surface area contributed by atoms with Crippen molar-refractivity contribution in [3.8, 4) is 23.2 Å². The van der Waals surface area contributed by atoms with Gasteiger partial charge in [-0.05, 0) is 24.1 Å². The van der Waals surface area contributed by atoms with Gasteiger partial charge in [-0.25, -0.2) is 4.98 Å². The Balaban J connectivity index is 2.53. The maximum Gasteiger partial charge on any atom is 0.143 e. The van der Waals surface area contributed by atoms with Gasteiger partial charge >= 0.3 is 0 Å². The van der Waals surface area contributed by atoms with Gasteiger partial charge in [-0.1, -0.05) is 13.0 Å². The molecule has 0 radical (unpaired) electrons. The lowest BCUT2D eigenvalue weighted by atomic mass is 10.1. The summed E-state index contributed by atoms with van der Waals surface area (Å²) in [4.78, 5) is 4.51.